The zero-order valence-electron chi connectivity index (χ0n) is 14.7. The van der Waals surface area contributed by atoms with Crippen LogP contribution in [0.15, 0.2) is 60.7 Å². The lowest BCUT2D eigenvalue weighted by Gasteiger charge is -2.16. The normalized spacial score (nSPS) is 11.5. The molecule has 3 rings (SSSR count). The molecule has 2 N–H and O–H groups in total. The van der Waals surface area contributed by atoms with Gasteiger partial charge in [0.1, 0.15) is 0 Å². The minimum atomic E-state index is -1.02. The van der Waals surface area contributed by atoms with Gasteiger partial charge >= 0.3 is 5.97 Å². The van der Waals surface area contributed by atoms with E-state index in [4.69, 9.17) is 4.74 Å². The number of hydrogen-bond donors (Lipinski definition) is 2. The average Bonchev–Trinajstić information content (AvgIpc) is 2.64. The smallest absolute Gasteiger partial charge is 0.335 e. The van der Waals surface area contributed by atoms with Crippen LogP contribution >= 0.6 is 0 Å². The molecule has 0 fully saturated rings. The predicted molar refractivity (Wildman–Crippen MR) is 103 cm³/mol. The molecule has 0 aromatic heterocycles. The summed E-state index contributed by atoms with van der Waals surface area (Å²) in [7, 11) is 1.46. The number of aliphatic carboxylic acids is 1. The van der Waals surface area contributed by atoms with Crippen LogP contribution in [0.4, 0.5) is 0 Å². The van der Waals surface area contributed by atoms with Crippen molar-refractivity contribution in [2.75, 3.05) is 7.11 Å². The zero-order valence-corrected chi connectivity index (χ0v) is 14.7. The summed E-state index contributed by atoms with van der Waals surface area (Å²) in [6.45, 7) is 1.68. The number of benzene rings is 3. The molecule has 0 amide bonds. The first-order valence-electron chi connectivity index (χ1n) is 8.32. The van der Waals surface area contributed by atoms with Gasteiger partial charge in [0.05, 0.1) is 12.7 Å². The first-order chi connectivity index (χ1) is 12.6. The van der Waals surface area contributed by atoms with Crippen LogP contribution in [-0.2, 0) is 11.2 Å². The Bertz CT molecular complexity index is 988. The molecule has 132 valence electrons. The molecule has 26 heavy (non-hydrogen) atoms. The highest BCUT2D eigenvalue weighted by Crippen LogP contribution is 2.41. The van der Waals surface area contributed by atoms with Crippen molar-refractivity contribution >= 4 is 22.3 Å². The van der Waals surface area contributed by atoms with E-state index in [1.807, 2.05) is 48.5 Å². The first kappa shape index (κ1) is 17.5. The average molecular weight is 348 g/mol. The third-order valence-corrected chi connectivity index (χ3v) is 4.45. The fraction of sp³-hybridized carbons (Fsp3) is 0.136. The summed E-state index contributed by atoms with van der Waals surface area (Å²) >= 11 is 0. The van der Waals surface area contributed by atoms with Gasteiger partial charge in [-0.2, -0.15) is 0 Å². The van der Waals surface area contributed by atoms with Crippen molar-refractivity contribution in [1.82, 2.24) is 0 Å². The third kappa shape index (κ3) is 3.14. The molecule has 0 aliphatic heterocycles. The minimum absolute atomic E-state index is 0.0265. The maximum Gasteiger partial charge on any atom is 0.335 e. The number of fused-ring (bicyclic) bond motifs is 1. The van der Waals surface area contributed by atoms with E-state index >= 15 is 0 Å². The number of rotatable bonds is 5. The van der Waals surface area contributed by atoms with Crippen LogP contribution in [0, 0.1) is 0 Å². The molecule has 4 nitrogen and oxygen atoms in total. The van der Waals surface area contributed by atoms with E-state index in [0.29, 0.717) is 22.8 Å². The number of carboxylic acid groups (broad SMARTS) is 1. The number of carboxylic acids is 1. The van der Waals surface area contributed by atoms with E-state index in [1.165, 1.54) is 7.11 Å². The highest BCUT2D eigenvalue weighted by Gasteiger charge is 2.20. The van der Waals surface area contributed by atoms with Crippen LogP contribution in [0.5, 0.6) is 11.5 Å². The number of phenols is 1. The number of allylic oxidation sites excluding steroid dienone is 1. The Hall–Kier alpha value is -3.27. The number of methoxy groups -OCH3 is 1. The van der Waals surface area contributed by atoms with Gasteiger partial charge in [0, 0.05) is 10.9 Å². The topological polar surface area (TPSA) is 66.8 Å². The van der Waals surface area contributed by atoms with E-state index in [9.17, 15) is 15.0 Å². The molecule has 4 heteroatoms. The molecular formula is C22H20O4. The second-order valence-corrected chi connectivity index (χ2v) is 5.98. The first-order valence-corrected chi connectivity index (χ1v) is 8.32. The lowest BCUT2D eigenvalue weighted by Crippen LogP contribution is -2.02. The number of phenolic OH excluding ortho intramolecular Hbond substituents is 1. The molecule has 0 spiro atoms. The summed E-state index contributed by atoms with van der Waals surface area (Å²) in [6.07, 6.45) is 2.17. The van der Waals surface area contributed by atoms with Crippen LogP contribution < -0.4 is 4.74 Å². The van der Waals surface area contributed by atoms with Gasteiger partial charge in [-0.05, 0) is 35.9 Å². The maximum absolute atomic E-state index is 11.7. The Kier molecular flexibility index (Phi) is 4.94. The fourth-order valence-electron chi connectivity index (χ4n) is 3.24. The van der Waals surface area contributed by atoms with Gasteiger partial charge in [0.2, 0.25) is 0 Å². The van der Waals surface area contributed by atoms with E-state index in [-0.39, 0.29) is 17.1 Å². The Morgan fingerprint density at radius 3 is 2.46 bits per heavy atom. The van der Waals surface area contributed by atoms with Gasteiger partial charge in [-0.15, -0.1) is 0 Å². The van der Waals surface area contributed by atoms with Crippen LogP contribution in [-0.4, -0.2) is 23.3 Å². The summed E-state index contributed by atoms with van der Waals surface area (Å²) in [5.74, 6) is -0.734. The van der Waals surface area contributed by atoms with Crippen molar-refractivity contribution in [3.8, 4) is 11.5 Å². The van der Waals surface area contributed by atoms with Crippen molar-refractivity contribution < 1.29 is 19.7 Å². The Labute approximate surface area is 152 Å². The lowest BCUT2D eigenvalue weighted by molar-refractivity contribution is -0.130. The van der Waals surface area contributed by atoms with E-state index in [1.54, 1.807) is 19.1 Å². The van der Waals surface area contributed by atoms with Gasteiger partial charge < -0.3 is 14.9 Å². The van der Waals surface area contributed by atoms with Crippen LogP contribution in [0.25, 0.3) is 16.3 Å². The highest BCUT2D eigenvalue weighted by atomic mass is 16.5. The number of hydrogen-bond acceptors (Lipinski definition) is 3. The Morgan fingerprint density at radius 1 is 1.12 bits per heavy atom. The molecule has 0 radical (unpaired) electrons. The van der Waals surface area contributed by atoms with Crippen molar-refractivity contribution in [2.45, 2.75) is 13.3 Å². The van der Waals surface area contributed by atoms with Crippen molar-refractivity contribution in [1.29, 1.82) is 0 Å². The standard InChI is InChI=1S/C22H20O4/c1-3-16(22(24)25)18-13-19(26-2)21(23)20-15(10-7-11-17(18)20)12-14-8-5-4-6-9-14/h3-11,13,23H,12H2,1-2H3,(H,24,25)/b16-3-. The summed E-state index contributed by atoms with van der Waals surface area (Å²) in [4.78, 5) is 11.7. The highest BCUT2D eigenvalue weighted by molar-refractivity contribution is 6.20. The molecule has 0 aliphatic rings. The largest absolute Gasteiger partial charge is 0.504 e. The number of aromatic hydroxyl groups is 1. The summed E-state index contributed by atoms with van der Waals surface area (Å²) in [5, 5.41) is 21.6. The molecule has 3 aromatic rings. The van der Waals surface area contributed by atoms with E-state index in [2.05, 4.69) is 0 Å². The van der Waals surface area contributed by atoms with Crippen molar-refractivity contribution in [3.05, 3.63) is 77.4 Å². The molecule has 0 saturated carbocycles. The summed E-state index contributed by atoms with van der Waals surface area (Å²) in [5.41, 5.74) is 2.71. The van der Waals surface area contributed by atoms with Crippen molar-refractivity contribution in [3.63, 3.8) is 0 Å². The van der Waals surface area contributed by atoms with Crippen LogP contribution in [0.3, 0.4) is 0 Å². The van der Waals surface area contributed by atoms with Crippen molar-refractivity contribution in [2.24, 2.45) is 0 Å². The second-order valence-electron chi connectivity index (χ2n) is 5.98. The molecule has 0 aliphatic carbocycles. The van der Waals surface area contributed by atoms with Gasteiger partial charge in [0.25, 0.3) is 0 Å². The fourth-order valence-corrected chi connectivity index (χ4v) is 3.24. The van der Waals surface area contributed by atoms with E-state index < -0.39 is 5.97 Å². The Balaban J connectivity index is 2.30. The zero-order chi connectivity index (χ0) is 18.7. The second kappa shape index (κ2) is 7.31. The molecule has 0 unspecified atom stereocenters. The number of ether oxygens (including phenoxy) is 1. The minimum Gasteiger partial charge on any atom is -0.504 e. The van der Waals surface area contributed by atoms with Gasteiger partial charge in [0.15, 0.2) is 11.5 Å². The summed E-state index contributed by atoms with van der Waals surface area (Å²) in [6, 6.07) is 17.1. The van der Waals surface area contributed by atoms with Gasteiger partial charge in [-0.1, -0.05) is 54.6 Å². The quantitative estimate of drug-likeness (QED) is 0.660. The molecule has 0 saturated heterocycles. The monoisotopic (exact) mass is 348 g/mol. The van der Waals surface area contributed by atoms with Crippen LogP contribution in [0.2, 0.25) is 0 Å². The molecule has 3 aromatic carbocycles. The Morgan fingerprint density at radius 2 is 1.85 bits per heavy atom. The lowest BCUT2D eigenvalue weighted by atomic mass is 9.92. The maximum atomic E-state index is 11.7. The molecule has 0 bridgehead atoms. The number of carbonyl (C=O) groups is 1. The van der Waals surface area contributed by atoms with Gasteiger partial charge in [-0.25, -0.2) is 4.79 Å². The SMILES string of the molecule is C/C=C(\C(=O)O)c1cc(OC)c(O)c2c(Cc3ccccc3)cccc12. The molecular weight excluding hydrogens is 328 g/mol. The van der Waals surface area contributed by atoms with Crippen LogP contribution in [0.1, 0.15) is 23.6 Å². The third-order valence-electron chi connectivity index (χ3n) is 4.45. The molecule has 0 heterocycles. The predicted octanol–water partition coefficient (Wildman–Crippen LogP) is 4.63. The van der Waals surface area contributed by atoms with Gasteiger partial charge in [-0.3, -0.25) is 0 Å². The summed E-state index contributed by atoms with van der Waals surface area (Å²) < 4.78 is 5.30. The molecule has 0 atom stereocenters. The van der Waals surface area contributed by atoms with E-state index in [0.717, 1.165) is 11.1 Å².